The Morgan fingerprint density at radius 3 is 2.79 bits per heavy atom. The molecule has 2 rings (SSSR count). The van der Waals surface area contributed by atoms with Gasteiger partial charge in [-0.1, -0.05) is 13.8 Å². The Bertz CT molecular complexity index is 483. The molecule has 0 aliphatic heterocycles. The molecule has 0 radical (unpaired) electrons. The lowest BCUT2D eigenvalue weighted by molar-refractivity contribution is -0.386. The average molecular weight is 286 g/mol. The van der Waals surface area contributed by atoms with Gasteiger partial charge in [-0.25, -0.2) is 4.98 Å². The summed E-state index contributed by atoms with van der Waals surface area (Å²) in [4.78, 5) is 17.8. The molecule has 3 atom stereocenters. The van der Waals surface area contributed by atoms with Gasteiger partial charge in [0.2, 0.25) is 5.28 Å². The summed E-state index contributed by atoms with van der Waals surface area (Å²) in [6, 6.07) is 0. The lowest BCUT2D eigenvalue weighted by atomic mass is 9.80. The van der Waals surface area contributed by atoms with Crippen molar-refractivity contribution in [2.75, 3.05) is 0 Å². The van der Waals surface area contributed by atoms with Crippen LogP contribution in [0.15, 0.2) is 6.20 Å². The molecule has 1 fully saturated rings. The van der Waals surface area contributed by atoms with E-state index in [1.807, 2.05) is 0 Å². The minimum absolute atomic E-state index is 0.0308. The Balaban J connectivity index is 2.14. The van der Waals surface area contributed by atoms with Gasteiger partial charge in [-0.05, 0) is 42.7 Å². The number of halogens is 1. The number of hydrogen-bond donors (Lipinski definition) is 0. The van der Waals surface area contributed by atoms with Crippen molar-refractivity contribution in [1.82, 2.24) is 9.97 Å². The molecule has 1 aromatic heterocycles. The second-order valence-corrected chi connectivity index (χ2v) is 5.43. The van der Waals surface area contributed by atoms with Crippen molar-refractivity contribution in [1.29, 1.82) is 0 Å². The van der Waals surface area contributed by atoms with Crippen LogP contribution in [-0.2, 0) is 0 Å². The van der Waals surface area contributed by atoms with Crippen LogP contribution in [0.3, 0.4) is 0 Å². The van der Waals surface area contributed by atoms with Gasteiger partial charge in [0.05, 0.1) is 4.92 Å². The minimum atomic E-state index is -0.555. The molecular weight excluding hydrogens is 270 g/mol. The van der Waals surface area contributed by atoms with Crippen LogP contribution in [0.1, 0.15) is 33.1 Å². The molecule has 0 amide bonds. The van der Waals surface area contributed by atoms with Crippen LogP contribution >= 0.6 is 11.6 Å². The Kier molecular flexibility index (Phi) is 4.19. The molecule has 19 heavy (non-hydrogen) atoms. The highest BCUT2D eigenvalue weighted by molar-refractivity contribution is 6.28. The predicted molar refractivity (Wildman–Crippen MR) is 70.3 cm³/mol. The maximum atomic E-state index is 10.9. The molecule has 6 nitrogen and oxygen atoms in total. The van der Waals surface area contributed by atoms with Crippen LogP contribution in [0, 0.1) is 22.0 Å². The Morgan fingerprint density at radius 2 is 2.16 bits per heavy atom. The van der Waals surface area contributed by atoms with E-state index in [1.165, 1.54) is 0 Å². The Hall–Kier alpha value is -1.43. The SMILES string of the molecule is CC1CCC(Oc2nc(Cl)ncc2[N+](=O)[O-])CC1C. The second kappa shape index (κ2) is 5.69. The number of hydrogen-bond acceptors (Lipinski definition) is 5. The summed E-state index contributed by atoms with van der Waals surface area (Å²) in [6.07, 6.45) is 3.85. The lowest BCUT2D eigenvalue weighted by Crippen LogP contribution is -2.29. The van der Waals surface area contributed by atoms with Crippen LogP contribution in [-0.4, -0.2) is 21.0 Å². The molecule has 3 unspecified atom stereocenters. The monoisotopic (exact) mass is 285 g/mol. The van der Waals surface area contributed by atoms with Gasteiger partial charge in [0.15, 0.2) is 0 Å². The van der Waals surface area contributed by atoms with Crippen molar-refractivity contribution >= 4 is 17.3 Å². The highest BCUT2D eigenvalue weighted by Crippen LogP contribution is 2.33. The largest absolute Gasteiger partial charge is 0.469 e. The smallest absolute Gasteiger partial charge is 0.349 e. The standard InChI is InChI=1S/C12H16ClN3O3/c1-7-3-4-9(5-8(7)2)19-11-10(16(17)18)6-14-12(13)15-11/h6-9H,3-5H2,1-2H3. The van der Waals surface area contributed by atoms with Gasteiger partial charge in [-0.2, -0.15) is 4.98 Å². The first-order chi connectivity index (χ1) is 8.97. The molecule has 0 aromatic carbocycles. The molecule has 0 saturated heterocycles. The molecule has 1 aromatic rings. The van der Waals surface area contributed by atoms with E-state index < -0.39 is 4.92 Å². The normalized spacial score (nSPS) is 27.0. The first-order valence-corrected chi connectivity index (χ1v) is 6.68. The van der Waals surface area contributed by atoms with Crippen molar-refractivity contribution in [3.05, 3.63) is 21.6 Å². The van der Waals surface area contributed by atoms with E-state index in [9.17, 15) is 10.1 Å². The first-order valence-electron chi connectivity index (χ1n) is 6.31. The van der Waals surface area contributed by atoms with Gasteiger partial charge in [0.25, 0.3) is 5.88 Å². The van der Waals surface area contributed by atoms with E-state index in [4.69, 9.17) is 16.3 Å². The van der Waals surface area contributed by atoms with E-state index in [1.54, 1.807) is 0 Å². The maximum Gasteiger partial charge on any atom is 0.349 e. The zero-order valence-electron chi connectivity index (χ0n) is 10.9. The van der Waals surface area contributed by atoms with Crippen molar-refractivity contribution in [3.8, 4) is 5.88 Å². The first kappa shape index (κ1) is 14.0. The molecule has 0 spiro atoms. The fourth-order valence-electron chi connectivity index (χ4n) is 2.31. The number of nitro groups is 1. The zero-order valence-corrected chi connectivity index (χ0v) is 11.6. The highest BCUT2D eigenvalue weighted by atomic mass is 35.5. The fraction of sp³-hybridized carbons (Fsp3) is 0.667. The van der Waals surface area contributed by atoms with Crippen LogP contribution < -0.4 is 4.74 Å². The van der Waals surface area contributed by atoms with Crippen LogP contribution in [0.4, 0.5) is 5.69 Å². The number of nitrogens with zero attached hydrogens (tertiary/aromatic N) is 3. The summed E-state index contributed by atoms with van der Waals surface area (Å²) < 4.78 is 5.67. The number of aromatic nitrogens is 2. The fourth-order valence-corrected chi connectivity index (χ4v) is 2.44. The van der Waals surface area contributed by atoms with E-state index >= 15 is 0 Å². The third-order valence-electron chi connectivity index (χ3n) is 3.73. The topological polar surface area (TPSA) is 78.2 Å². The molecule has 1 heterocycles. The maximum absolute atomic E-state index is 10.9. The van der Waals surface area contributed by atoms with Crippen LogP contribution in [0.5, 0.6) is 5.88 Å². The summed E-state index contributed by atoms with van der Waals surface area (Å²) in [6.45, 7) is 4.38. The molecule has 0 bridgehead atoms. The molecule has 1 aliphatic rings. The van der Waals surface area contributed by atoms with Crippen molar-refractivity contribution < 1.29 is 9.66 Å². The average Bonchev–Trinajstić information content (AvgIpc) is 2.33. The molecule has 1 saturated carbocycles. The quantitative estimate of drug-likeness (QED) is 0.484. The summed E-state index contributed by atoms with van der Waals surface area (Å²) in [5.74, 6) is 1.16. The van der Waals surface area contributed by atoms with E-state index in [-0.39, 0.29) is 23.0 Å². The minimum Gasteiger partial charge on any atom is -0.469 e. The van der Waals surface area contributed by atoms with Crippen LogP contribution in [0.25, 0.3) is 0 Å². The lowest BCUT2D eigenvalue weighted by Gasteiger charge is -2.31. The third-order valence-corrected chi connectivity index (χ3v) is 3.91. The van der Waals surface area contributed by atoms with Crippen LogP contribution in [0.2, 0.25) is 5.28 Å². The van der Waals surface area contributed by atoms with Gasteiger partial charge in [-0.3, -0.25) is 10.1 Å². The molecule has 104 valence electrons. The summed E-state index contributed by atoms with van der Waals surface area (Å²) >= 11 is 5.67. The van der Waals surface area contributed by atoms with Crippen molar-refractivity contribution in [2.45, 2.75) is 39.2 Å². The van der Waals surface area contributed by atoms with Gasteiger partial charge in [0.1, 0.15) is 12.3 Å². The molecule has 0 N–H and O–H groups in total. The zero-order chi connectivity index (χ0) is 14.0. The molecule has 1 aliphatic carbocycles. The number of ether oxygens (including phenoxy) is 1. The number of rotatable bonds is 3. The molecular formula is C12H16ClN3O3. The predicted octanol–water partition coefficient (Wildman–Crippen LogP) is 3.24. The van der Waals surface area contributed by atoms with Gasteiger partial charge in [0, 0.05) is 0 Å². The molecule has 7 heteroatoms. The van der Waals surface area contributed by atoms with Crippen molar-refractivity contribution in [3.63, 3.8) is 0 Å². The second-order valence-electron chi connectivity index (χ2n) is 5.09. The third kappa shape index (κ3) is 3.32. The van der Waals surface area contributed by atoms with Gasteiger partial charge < -0.3 is 4.74 Å². The van der Waals surface area contributed by atoms with Crippen molar-refractivity contribution in [2.24, 2.45) is 11.8 Å². The van der Waals surface area contributed by atoms with Gasteiger partial charge in [-0.15, -0.1) is 0 Å². The van der Waals surface area contributed by atoms with Gasteiger partial charge >= 0.3 is 5.69 Å². The van der Waals surface area contributed by atoms with E-state index in [2.05, 4.69) is 23.8 Å². The Morgan fingerprint density at radius 1 is 1.42 bits per heavy atom. The van der Waals surface area contributed by atoms with E-state index in [0.717, 1.165) is 25.5 Å². The highest BCUT2D eigenvalue weighted by Gasteiger charge is 2.28. The summed E-state index contributed by atoms with van der Waals surface area (Å²) in [7, 11) is 0. The summed E-state index contributed by atoms with van der Waals surface area (Å²) in [5, 5.41) is 10.8. The Labute approximate surface area is 116 Å². The van der Waals surface area contributed by atoms with E-state index in [0.29, 0.717) is 11.8 Å². The summed E-state index contributed by atoms with van der Waals surface area (Å²) in [5.41, 5.74) is -0.240.